The molecular formula is C11H13F2NO4. The van der Waals surface area contributed by atoms with Crippen molar-refractivity contribution in [3.8, 4) is 11.5 Å². The SMILES string of the molecule is COc1cc(OC)c(N)c(C(=O)OCC(F)F)c1. The number of methoxy groups -OCH3 is 2. The Balaban J connectivity index is 3.02. The highest BCUT2D eigenvalue weighted by atomic mass is 19.3. The summed E-state index contributed by atoms with van der Waals surface area (Å²) in [6.45, 7) is -0.988. The van der Waals surface area contributed by atoms with Crippen LogP contribution in [0.1, 0.15) is 10.4 Å². The van der Waals surface area contributed by atoms with Crippen LogP contribution in [0.5, 0.6) is 11.5 Å². The van der Waals surface area contributed by atoms with Crippen molar-refractivity contribution >= 4 is 11.7 Å². The number of carbonyl (C=O) groups excluding carboxylic acids is 1. The molecule has 0 aliphatic carbocycles. The highest BCUT2D eigenvalue weighted by molar-refractivity contribution is 5.97. The zero-order valence-corrected chi connectivity index (χ0v) is 9.91. The first-order valence-electron chi connectivity index (χ1n) is 4.96. The molecule has 0 aromatic heterocycles. The predicted molar refractivity (Wildman–Crippen MR) is 60.2 cm³/mol. The molecule has 7 heteroatoms. The van der Waals surface area contributed by atoms with Gasteiger partial charge in [-0.15, -0.1) is 0 Å². The number of hydrogen-bond donors (Lipinski definition) is 1. The van der Waals surface area contributed by atoms with Crippen LogP contribution in [0.3, 0.4) is 0 Å². The minimum absolute atomic E-state index is 0.0116. The molecule has 0 amide bonds. The van der Waals surface area contributed by atoms with Gasteiger partial charge in [0.1, 0.15) is 11.5 Å². The second-order valence-corrected chi connectivity index (χ2v) is 3.28. The Kier molecular flexibility index (Phi) is 4.70. The summed E-state index contributed by atoms with van der Waals surface area (Å²) in [6, 6.07) is 2.77. The predicted octanol–water partition coefficient (Wildman–Crippen LogP) is 1.71. The number of nitrogen functional groups attached to an aromatic ring is 1. The average Bonchev–Trinajstić information content (AvgIpc) is 2.36. The number of rotatable bonds is 5. The number of halogens is 2. The Morgan fingerprint density at radius 3 is 2.50 bits per heavy atom. The summed E-state index contributed by atoms with van der Waals surface area (Å²) in [5.41, 5.74) is 5.59. The van der Waals surface area contributed by atoms with Gasteiger partial charge in [0.25, 0.3) is 6.43 Å². The van der Waals surface area contributed by atoms with Crippen molar-refractivity contribution in [2.75, 3.05) is 26.6 Å². The van der Waals surface area contributed by atoms with Gasteiger partial charge in [0.15, 0.2) is 6.61 Å². The van der Waals surface area contributed by atoms with E-state index >= 15 is 0 Å². The van der Waals surface area contributed by atoms with Crippen LogP contribution < -0.4 is 15.2 Å². The Morgan fingerprint density at radius 2 is 2.00 bits per heavy atom. The topological polar surface area (TPSA) is 70.8 Å². The van der Waals surface area contributed by atoms with Crippen LogP contribution in [-0.2, 0) is 4.74 Å². The molecule has 0 unspecified atom stereocenters. The van der Waals surface area contributed by atoms with Crippen LogP contribution in [0, 0.1) is 0 Å². The molecule has 1 aromatic rings. The monoisotopic (exact) mass is 261 g/mol. The van der Waals surface area contributed by atoms with E-state index in [1.54, 1.807) is 0 Å². The van der Waals surface area contributed by atoms with Crippen LogP contribution in [0.4, 0.5) is 14.5 Å². The quantitative estimate of drug-likeness (QED) is 0.645. The molecule has 0 radical (unpaired) electrons. The van der Waals surface area contributed by atoms with Crippen LogP contribution in [0.15, 0.2) is 12.1 Å². The van der Waals surface area contributed by atoms with Crippen molar-refractivity contribution < 1.29 is 27.8 Å². The molecule has 0 heterocycles. The first-order chi connectivity index (χ1) is 8.49. The molecule has 5 nitrogen and oxygen atoms in total. The van der Waals surface area contributed by atoms with E-state index < -0.39 is 19.0 Å². The minimum atomic E-state index is -2.73. The first-order valence-corrected chi connectivity index (χ1v) is 4.96. The van der Waals surface area contributed by atoms with Crippen LogP contribution >= 0.6 is 0 Å². The van der Waals surface area contributed by atoms with Crippen LogP contribution in [-0.4, -0.2) is 33.2 Å². The van der Waals surface area contributed by atoms with E-state index in [0.717, 1.165) is 0 Å². The molecule has 1 aromatic carbocycles. The van der Waals surface area contributed by atoms with E-state index in [9.17, 15) is 13.6 Å². The number of anilines is 1. The fourth-order valence-corrected chi connectivity index (χ4v) is 1.27. The second-order valence-electron chi connectivity index (χ2n) is 3.28. The van der Waals surface area contributed by atoms with E-state index in [1.165, 1.54) is 26.4 Å². The highest BCUT2D eigenvalue weighted by Gasteiger charge is 2.18. The fraction of sp³-hybridized carbons (Fsp3) is 0.364. The molecule has 0 bridgehead atoms. The second kappa shape index (κ2) is 6.04. The van der Waals surface area contributed by atoms with Gasteiger partial charge in [-0.2, -0.15) is 0 Å². The van der Waals surface area contributed by atoms with Gasteiger partial charge in [-0.3, -0.25) is 0 Å². The lowest BCUT2D eigenvalue weighted by molar-refractivity contribution is 0.0160. The number of benzene rings is 1. The van der Waals surface area contributed by atoms with Crippen molar-refractivity contribution in [1.29, 1.82) is 0 Å². The van der Waals surface area contributed by atoms with E-state index in [-0.39, 0.29) is 17.0 Å². The molecule has 18 heavy (non-hydrogen) atoms. The lowest BCUT2D eigenvalue weighted by atomic mass is 10.1. The maximum absolute atomic E-state index is 11.9. The normalized spacial score (nSPS) is 10.3. The van der Waals surface area contributed by atoms with E-state index in [0.29, 0.717) is 5.75 Å². The molecule has 1 rings (SSSR count). The Hall–Kier alpha value is -2.05. The Bertz CT molecular complexity index is 437. The number of nitrogens with two attached hydrogens (primary N) is 1. The third-order valence-electron chi connectivity index (χ3n) is 2.13. The van der Waals surface area contributed by atoms with Crippen molar-refractivity contribution in [2.24, 2.45) is 0 Å². The summed E-state index contributed by atoms with van der Waals surface area (Å²) in [4.78, 5) is 11.6. The molecule has 0 saturated carbocycles. The molecule has 0 spiro atoms. The van der Waals surface area contributed by atoms with Gasteiger partial charge in [-0.1, -0.05) is 0 Å². The number of ether oxygens (including phenoxy) is 3. The van der Waals surface area contributed by atoms with Crippen molar-refractivity contribution in [2.45, 2.75) is 6.43 Å². The van der Waals surface area contributed by atoms with Gasteiger partial charge in [0.2, 0.25) is 0 Å². The summed E-state index contributed by atoms with van der Waals surface area (Å²) in [6.07, 6.45) is -2.73. The zero-order valence-electron chi connectivity index (χ0n) is 9.91. The van der Waals surface area contributed by atoms with Gasteiger partial charge in [0, 0.05) is 6.07 Å². The number of alkyl halides is 2. The number of esters is 1. The summed E-state index contributed by atoms with van der Waals surface area (Å²) >= 11 is 0. The molecule has 0 atom stereocenters. The number of hydrogen-bond acceptors (Lipinski definition) is 5. The Morgan fingerprint density at radius 1 is 1.33 bits per heavy atom. The van der Waals surface area contributed by atoms with Crippen molar-refractivity contribution in [3.63, 3.8) is 0 Å². The standard InChI is InChI=1S/C11H13F2NO4/c1-16-6-3-7(10(14)8(4-6)17-2)11(15)18-5-9(12)13/h3-4,9H,5,14H2,1-2H3. The van der Waals surface area contributed by atoms with Gasteiger partial charge in [-0.05, 0) is 6.07 Å². The lowest BCUT2D eigenvalue weighted by Gasteiger charge is -2.12. The zero-order chi connectivity index (χ0) is 13.7. The summed E-state index contributed by atoms with van der Waals surface area (Å²) in [5, 5.41) is 0. The average molecular weight is 261 g/mol. The maximum Gasteiger partial charge on any atom is 0.340 e. The molecule has 0 aliphatic heterocycles. The van der Waals surface area contributed by atoms with E-state index in [2.05, 4.69) is 4.74 Å². The molecular weight excluding hydrogens is 248 g/mol. The van der Waals surface area contributed by atoms with Gasteiger partial charge in [0.05, 0.1) is 25.5 Å². The fourth-order valence-electron chi connectivity index (χ4n) is 1.27. The molecule has 0 saturated heterocycles. The molecule has 0 aliphatic rings. The highest BCUT2D eigenvalue weighted by Crippen LogP contribution is 2.31. The summed E-state index contributed by atoms with van der Waals surface area (Å²) in [7, 11) is 2.75. The Labute approximate surface area is 102 Å². The van der Waals surface area contributed by atoms with Crippen LogP contribution in [0.2, 0.25) is 0 Å². The number of carbonyl (C=O) groups is 1. The largest absolute Gasteiger partial charge is 0.497 e. The van der Waals surface area contributed by atoms with Gasteiger partial charge < -0.3 is 19.9 Å². The minimum Gasteiger partial charge on any atom is -0.497 e. The first kappa shape index (κ1) is 14.0. The van der Waals surface area contributed by atoms with E-state index in [1.807, 2.05) is 0 Å². The lowest BCUT2D eigenvalue weighted by Crippen LogP contribution is -2.14. The molecule has 2 N–H and O–H groups in total. The van der Waals surface area contributed by atoms with Crippen LogP contribution in [0.25, 0.3) is 0 Å². The van der Waals surface area contributed by atoms with E-state index in [4.69, 9.17) is 15.2 Å². The molecule has 100 valence electrons. The smallest absolute Gasteiger partial charge is 0.340 e. The summed E-state index contributed by atoms with van der Waals surface area (Å²) < 4.78 is 38.2. The van der Waals surface area contributed by atoms with Gasteiger partial charge in [-0.25, -0.2) is 13.6 Å². The third-order valence-corrected chi connectivity index (χ3v) is 2.13. The maximum atomic E-state index is 11.9. The third kappa shape index (κ3) is 3.22. The van der Waals surface area contributed by atoms with Crippen molar-refractivity contribution in [3.05, 3.63) is 17.7 Å². The molecule has 0 fully saturated rings. The summed E-state index contributed by atoms with van der Waals surface area (Å²) in [5.74, 6) is -0.437. The van der Waals surface area contributed by atoms with Crippen molar-refractivity contribution in [1.82, 2.24) is 0 Å². The van der Waals surface area contributed by atoms with Gasteiger partial charge >= 0.3 is 5.97 Å².